The molecular formula is C22H26N2O4. The summed E-state index contributed by atoms with van der Waals surface area (Å²) in [4.78, 5) is 28.8. The Morgan fingerprint density at radius 3 is 2.57 bits per heavy atom. The Bertz CT molecular complexity index is 812. The summed E-state index contributed by atoms with van der Waals surface area (Å²) in [6.07, 6.45) is 7.17. The molecule has 0 bridgehead atoms. The van der Waals surface area contributed by atoms with Gasteiger partial charge >= 0.3 is 0 Å². The van der Waals surface area contributed by atoms with E-state index < -0.39 is 0 Å². The number of ether oxygens (including phenoxy) is 1. The van der Waals surface area contributed by atoms with Gasteiger partial charge in [0.15, 0.2) is 0 Å². The summed E-state index contributed by atoms with van der Waals surface area (Å²) < 4.78 is 11.0. The van der Waals surface area contributed by atoms with E-state index in [1.165, 1.54) is 12.5 Å². The maximum Gasteiger partial charge on any atom is 0.257 e. The van der Waals surface area contributed by atoms with E-state index in [9.17, 15) is 9.59 Å². The van der Waals surface area contributed by atoms with Gasteiger partial charge in [-0.25, -0.2) is 0 Å². The van der Waals surface area contributed by atoms with E-state index in [0.29, 0.717) is 30.0 Å². The predicted molar refractivity (Wildman–Crippen MR) is 104 cm³/mol. The van der Waals surface area contributed by atoms with Crippen LogP contribution in [0.2, 0.25) is 0 Å². The second-order valence-electron chi connectivity index (χ2n) is 7.61. The molecule has 2 saturated heterocycles. The third kappa shape index (κ3) is 4.21. The van der Waals surface area contributed by atoms with Gasteiger partial charge in [0.25, 0.3) is 11.8 Å². The molecule has 6 heteroatoms. The number of nitrogens with zero attached hydrogens (tertiary/aromatic N) is 2. The normalized spacial score (nSPS) is 19.6. The third-order valence-corrected chi connectivity index (χ3v) is 5.53. The molecule has 2 aliphatic rings. The molecular weight excluding hydrogens is 356 g/mol. The molecule has 28 heavy (non-hydrogen) atoms. The lowest BCUT2D eigenvalue weighted by molar-refractivity contribution is 0.0631. The number of furan rings is 1. The maximum atomic E-state index is 12.6. The number of hydrogen-bond donors (Lipinski definition) is 0. The SMILES string of the molecule is O=C(c1cccc(OCC2CCCN(C(=O)c3ccoc3)C2)c1)N1CCCC1. The molecule has 1 aromatic heterocycles. The van der Waals surface area contributed by atoms with Crippen LogP contribution in [0.3, 0.4) is 0 Å². The van der Waals surface area contributed by atoms with Crippen LogP contribution >= 0.6 is 0 Å². The smallest absolute Gasteiger partial charge is 0.257 e. The molecule has 0 N–H and O–H groups in total. The average molecular weight is 382 g/mol. The Balaban J connectivity index is 1.33. The first-order valence-corrected chi connectivity index (χ1v) is 10.0. The molecule has 1 aromatic carbocycles. The molecule has 0 spiro atoms. The van der Waals surface area contributed by atoms with Gasteiger partial charge < -0.3 is 19.0 Å². The van der Waals surface area contributed by atoms with Crippen LogP contribution in [0.1, 0.15) is 46.4 Å². The van der Waals surface area contributed by atoms with Gasteiger partial charge in [0, 0.05) is 37.7 Å². The van der Waals surface area contributed by atoms with Crippen molar-refractivity contribution in [3.8, 4) is 5.75 Å². The van der Waals surface area contributed by atoms with Crippen molar-refractivity contribution in [3.63, 3.8) is 0 Å². The van der Waals surface area contributed by atoms with Crippen molar-refractivity contribution in [2.75, 3.05) is 32.8 Å². The van der Waals surface area contributed by atoms with Crippen molar-refractivity contribution in [1.82, 2.24) is 9.80 Å². The van der Waals surface area contributed by atoms with Gasteiger partial charge in [-0.3, -0.25) is 9.59 Å². The van der Waals surface area contributed by atoms with Crippen molar-refractivity contribution in [2.45, 2.75) is 25.7 Å². The van der Waals surface area contributed by atoms with Crippen LogP contribution in [-0.2, 0) is 0 Å². The summed E-state index contributed by atoms with van der Waals surface area (Å²) in [7, 11) is 0. The molecule has 6 nitrogen and oxygen atoms in total. The lowest BCUT2D eigenvalue weighted by Crippen LogP contribution is -2.41. The minimum Gasteiger partial charge on any atom is -0.493 e. The minimum absolute atomic E-state index is 0.0108. The largest absolute Gasteiger partial charge is 0.493 e. The van der Waals surface area contributed by atoms with Gasteiger partial charge in [0.1, 0.15) is 12.0 Å². The van der Waals surface area contributed by atoms with E-state index in [4.69, 9.17) is 9.15 Å². The van der Waals surface area contributed by atoms with E-state index in [0.717, 1.165) is 45.3 Å². The fraction of sp³-hybridized carbons (Fsp3) is 0.455. The molecule has 2 aliphatic heterocycles. The summed E-state index contributed by atoms with van der Waals surface area (Å²) in [5.41, 5.74) is 1.27. The summed E-state index contributed by atoms with van der Waals surface area (Å²) in [6.45, 7) is 3.66. The first-order valence-electron chi connectivity index (χ1n) is 10.0. The quantitative estimate of drug-likeness (QED) is 0.795. The predicted octanol–water partition coefficient (Wildman–Crippen LogP) is 3.45. The first-order chi connectivity index (χ1) is 13.7. The van der Waals surface area contributed by atoms with Crippen LogP contribution in [0.4, 0.5) is 0 Å². The zero-order valence-electron chi connectivity index (χ0n) is 16.0. The lowest BCUT2D eigenvalue weighted by atomic mass is 9.98. The molecule has 2 fully saturated rings. The van der Waals surface area contributed by atoms with Crippen LogP contribution < -0.4 is 4.74 Å². The van der Waals surface area contributed by atoms with Gasteiger partial charge in [-0.1, -0.05) is 6.07 Å². The molecule has 148 valence electrons. The van der Waals surface area contributed by atoms with Crippen LogP contribution in [0, 0.1) is 5.92 Å². The Kier molecular flexibility index (Phi) is 5.65. The van der Waals surface area contributed by atoms with E-state index >= 15 is 0 Å². The number of carbonyl (C=O) groups excluding carboxylic acids is 2. The maximum absolute atomic E-state index is 12.6. The molecule has 1 unspecified atom stereocenters. The monoisotopic (exact) mass is 382 g/mol. The van der Waals surface area contributed by atoms with Crippen LogP contribution in [0.15, 0.2) is 47.3 Å². The Labute approximate surface area is 165 Å². The van der Waals surface area contributed by atoms with Crippen LogP contribution in [0.5, 0.6) is 5.75 Å². The van der Waals surface area contributed by atoms with Gasteiger partial charge in [-0.05, 0) is 49.9 Å². The van der Waals surface area contributed by atoms with Crippen molar-refractivity contribution in [2.24, 2.45) is 5.92 Å². The Morgan fingerprint density at radius 2 is 1.79 bits per heavy atom. The molecule has 2 aromatic rings. The Morgan fingerprint density at radius 1 is 1.00 bits per heavy atom. The summed E-state index contributed by atoms with van der Waals surface area (Å²) in [5.74, 6) is 1.08. The summed E-state index contributed by atoms with van der Waals surface area (Å²) >= 11 is 0. The van der Waals surface area contributed by atoms with Crippen molar-refractivity contribution in [3.05, 3.63) is 54.0 Å². The van der Waals surface area contributed by atoms with Crippen LogP contribution in [-0.4, -0.2) is 54.4 Å². The number of likely N-dealkylation sites (tertiary alicyclic amines) is 2. The highest BCUT2D eigenvalue weighted by Gasteiger charge is 2.25. The topological polar surface area (TPSA) is 63.0 Å². The zero-order valence-corrected chi connectivity index (χ0v) is 16.0. The highest BCUT2D eigenvalue weighted by molar-refractivity contribution is 5.95. The van der Waals surface area contributed by atoms with Gasteiger partial charge in [0.2, 0.25) is 0 Å². The third-order valence-electron chi connectivity index (χ3n) is 5.53. The second-order valence-corrected chi connectivity index (χ2v) is 7.61. The molecule has 2 amide bonds. The van der Waals surface area contributed by atoms with E-state index in [1.807, 2.05) is 34.1 Å². The molecule has 3 heterocycles. The van der Waals surface area contributed by atoms with Gasteiger partial charge in [0.05, 0.1) is 18.4 Å². The number of amides is 2. The van der Waals surface area contributed by atoms with Gasteiger partial charge in [-0.2, -0.15) is 0 Å². The highest BCUT2D eigenvalue weighted by Crippen LogP contribution is 2.22. The lowest BCUT2D eigenvalue weighted by Gasteiger charge is -2.32. The zero-order chi connectivity index (χ0) is 19.3. The first kappa shape index (κ1) is 18.6. The number of benzene rings is 1. The van der Waals surface area contributed by atoms with Gasteiger partial charge in [-0.15, -0.1) is 0 Å². The molecule has 4 rings (SSSR count). The van der Waals surface area contributed by atoms with Crippen molar-refractivity contribution >= 4 is 11.8 Å². The van der Waals surface area contributed by atoms with E-state index in [-0.39, 0.29) is 17.7 Å². The van der Waals surface area contributed by atoms with Crippen LogP contribution in [0.25, 0.3) is 0 Å². The summed E-state index contributed by atoms with van der Waals surface area (Å²) in [5, 5.41) is 0. The molecule has 0 radical (unpaired) electrons. The fourth-order valence-electron chi connectivity index (χ4n) is 3.99. The average Bonchev–Trinajstić information content (AvgIpc) is 3.46. The minimum atomic E-state index is 0.0108. The number of rotatable bonds is 5. The number of hydrogen-bond acceptors (Lipinski definition) is 4. The fourth-order valence-corrected chi connectivity index (χ4v) is 3.99. The van der Waals surface area contributed by atoms with E-state index in [2.05, 4.69) is 0 Å². The molecule has 0 saturated carbocycles. The molecule has 0 aliphatic carbocycles. The highest BCUT2D eigenvalue weighted by atomic mass is 16.5. The number of carbonyl (C=O) groups is 2. The van der Waals surface area contributed by atoms with E-state index in [1.54, 1.807) is 6.07 Å². The number of piperidine rings is 1. The van der Waals surface area contributed by atoms with Crippen molar-refractivity contribution < 1.29 is 18.7 Å². The standard InChI is InChI=1S/C22H26N2O4/c25-21(23-9-1-2-10-23)18-6-3-7-20(13-18)28-15-17-5-4-11-24(14-17)22(26)19-8-12-27-16-19/h3,6-8,12-13,16-17H,1-2,4-5,9-11,14-15H2. The second kappa shape index (κ2) is 8.50. The molecule has 1 atom stereocenters. The summed E-state index contributed by atoms with van der Waals surface area (Å²) in [6, 6.07) is 9.13. The Hall–Kier alpha value is -2.76. The van der Waals surface area contributed by atoms with Crippen molar-refractivity contribution in [1.29, 1.82) is 0 Å².